The maximum atomic E-state index is 9.63. The molecular weight excluding hydrogens is 350 g/mol. The van der Waals surface area contributed by atoms with Gasteiger partial charge in [-0.2, -0.15) is 23.5 Å². The second-order valence-electron chi connectivity index (χ2n) is 8.06. The van der Waals surface area contributed by atoms with Crippen molar-refractivity contribution in [3.8, 4) is 0 Å². The third kappa shape index (κ3) is 5.52. The molecule has 1 atom stereocenters. The van der Waals surface area contributed by atoms with E-state index >= 15 is 0 Å². The summed E-state index contributed by atoms with van der Waals surface area (Å²) in [5.41, 5.74) is 0. The summed E-state index contributed by atoms with van der Waals surface area (Å²) in [6, 6.07) is 2.69. The molecule has 25 heavy (non-hydrogen) atoms. The van der Waals surface area contributed by atoms with Crippen molar-refractivity contribution >= 4 is 23.5 Å². The number of hydrogen-bond donors (Lipinski definition) is 1. The Morgan fingerprint density at radius 3 is 2.24 bits per heavy atom. The van der Waals surface area contributed by atoms with Crippen LogP contribution in [-0.2, 0) is 0 Å². The molecule has 0 unspecified atom stereocenters. The van der Waals surface area contributed by atoms with Crippen LogP contribution >= 0.6 is 23.5 Å². The van der Waals surface area contributed by atoms with Crippen LogP contribution in [0.25, 0.3) is 0 Å². The summed E-state index contributed by atoms with van der Waals surface area (Å²) in [7, 11) is 0. The molecule has 3 aliphatic rings. The average Bonchev–Trinajstić information content (AvgIpc) is 2.91. The van der Waals surface area contributed by atoms with Gasteiger partial charge in [0, 0.05) is 73.4 Å². The fourth-order valence-electron chi connectivity index (χ4n) is 4.66. The van der Waals surface area contributed by atoms with Gasteiger partial charge >= 0.3 is 0 Å². The van der Waals surface area contributed by atoms with Crippen molar-refractivity contribution in [2.75, 3.05) is 62.3 Å². The lowest BCUT2D eigenvalue weighted by molar-refractivity contribution is -0.00525. The summed E-state index contributed by atoms with van der Waals surface area (Å²) in [5, 5.41) is 9.63. The number of aliphatic hydroxyl groups is 1. The van der Waals surface area contributed by atoms with E-state index in [1.807, 2.05) is 0 Å². The summed E-state index contributed by atoms with van der Waals surface area (Å²) in [6.45, 7) is 11.0. The van der Waals surface area contributed by atoms with Gasteiger partial charge in [-0.3, -0.25) is 9.80 Å². The number of thioether (sulfide) groups is 2. The minimum Gasteiger partial charge on any atom is -0.396 e. The Balaban J connectivity index is 1.56. The van der Waals surface area contributed by atoms with Crippen molar-refractivity contribution in [1.82, 2.24) is 14.7 Å². The van der Waals surface area contributed by atoms with Gasteiger partial charge in [0.2, 0.25) is 0 Å². The van der Waals surface area contributed by atoms with E-state index < -0.39 is 0 Å². The van der Waals surface area contributed by atoms with E-state index in [-0.39, 0.29) is 0 Å². The smallest absolute Gasteiger partial charge is 0.0446 e. The van der Waals surface area contributed by atoms with Crippen molar-refractivity contribution in [3.63, 3.8) is 0 Å². The largest absolute Gasteiger partial charge is 0.396 e. The molecule has 0 radical (unpaired) electrons. The first kappa shape index (κ1) is 20.3. The highest BCUT2D eigenvalue weighted by atomic mass is 32.2. The molecule has 0 amide bonds. The molecule has 0 saturated carbocycles. The quantitative estimate of drug-likeness (QED) is 0.777. The van der Waals surface area contributed by atoms with Crippen LogP contribution in [0.15, 0.2) is 0 Å². The summed E-state index contributed by atoms with van der Waals surface area (Å²) < 4.78 is 0. The molecule has 3 aliphatic heterocycles. The van der Waals surface area contributed by atoms with Gasteiger partial charge < -0.3 is 10.0 Å². The van der Waals surface area contributed by atoms with Crippen LogP contribution in [0.1, 0.15) is 33.1 Å². The summed E-state index contributed by atoms with van der Waals surface area (Å²) in [5.74, 6) is 5.22. The molecule has 146 valence electrons. The number of piperazine rings is 1. The van der Waals surface area contributed by atoms with Crippen molar-refractivity contribution in [3.05, 3.63) is 0 Å². The third-order valence-electron chi connectivity index (χ3n) is 6.23. The van der Waals surface area contributed by atoms with E-state index in [2.05, 4.69) is 52.1 Å². The van der Waals surface area contributed by atoms with Gasteiger partial charge in [0.1, 0.15) is 0 Å². The van der Waals surface area contributed by atoms with E-state index in [9.17, 15) is 5.11 Å². The van der Waals surface area contributed by atoms with Crippen LogP contribution in [0.2, 0.25) is 0 Å². The molecule has 4 nitrogen and oxygen atoms in total. The Morgan fingerprint density at radius 1 is 0.960 bits per heavy atom. The molecule has 1 N–H and O–H groups in total. The first-order chi connectivity index (χ1) is 12.2. The van der Waals surface area contributed by atoms with Gasteiger partial charge in [0.25, 0.3) is 0 Å². The van der Waals surface area contributed by atoms with Crippen LogP contribution in [-0.4, -0.2) is 106 Å². The topological polar surface area (TPSA) is 30.0 Å². The molecule has 0 aliphatic carbocycles. The number of nitrogens with zero attached hydrogens (tertiary/aromatic N) is 3. The molecule has 3 fully saturated rings. The highest BCUT2D eigenvalue weighted by molar-refractivity contribution is 8.03. The first-order valence-electron chi connectivity index (χ1n) is 10.2. The van der Waals surface area contributed by atoms with Crippen molar-refractivity contribution in [2.24, 2.45) is 0 Å². The van der Waals surface area contributed by atoms with E-state index in [0.29, 0.717) is 18.7 Å². The highest BCUT2D eigenvalue weighted by Crippen LogP contribution is 2.27. The second-order valence-corrected chi connectivity index (χ2v) is 10.4. The van der Waals surface area contributed by atoms with Crippen LogP contribution in [0.5, 0.6) is 0 Å². The van der Waals surface area contributed by atoms with Crippen LogP contribution in [0.3, 0.4) is 0 Å². The lowest BCUT2D eigenvalue weighted by Crippen LogP contribution is -2.61. The average molecular weight is 388 g/mol. The molecular formula is C19H37N3OS2. The number of rotatable bonds is 5. The van der Waals surface area contributed by atoms with Crippen LogP contribution < -0.4 is 0 Å². The third-order valence-corrected chi connectivity index (χ3v) is 8.71. The van der Waals surface area contributed by atoms with Crippen LogP contribution in [0.4, 0.5) is 0 Å². The maximum absolute atomic E-state index is 9.63. The number of aliphatic hydroxyl groups excluding tert-OH is 1. The molecule has 6 heteroatoms. The zero-order chi connectivity index (χ0) is 17.6. The van der Waals surface area contributed by atoms with E-state index in [1.165, 1.54) is 62.0 Å². The van der Waals surface area contributed by atoms with Gasteiger partial charge in [0.05, 0.1) is 0 Å². The Labute approximate surface area is 163 Å². The van der Waals surface area contributed by atoms with E-state index in [0.717, 1.165) is 25.0 Å². The van der Waals surface area contributed by atoms with Gasteiger partial charge in [-0.1, -0.05) is 0 Å². The SMILES string of the molecule is CC(C)N1CCC(N2CCN(C3CSCCSC3)C[C@H]2CCO)CC1. The van der Waals surface area contributed by atoms with Gasteiger partial charge in [-0.15, -0.1) is 0 Å². The highest BCUT2D eigenvalue weighted by Gasteiger charge is 2.35. The molecule has 0 aromatic heterocycles. The number of hydrogen-bond acceptors (Lipinski definition) is 6. The Morgan fingerprint density at radius 2 is 1.64 bits per heavy atom. The zero-order valence-electron chi connectivity index (χ0n) is 16.1. The van der Waals surface area contributed by atoms with Gasteiger partial charge in [0.15, 0.2) is 0 Å². The molecule has 0 aromatic rings. The first-order valence-corrected chi connectivity index (χ1v) is 12.5. The Bertz CT molecular complexity index is 383. The minimum atomic E-state index is 0.327. The van der Waals surface area contributed by atoms with Crippen molar-refractivity contribution < 1.29 is 5.11 Å². The van der Waals surface area contributed by atoms with Crippen LogP contribution in [0, 0.1) is 0 Å². The van der Waals surface area contributed by atoms with Crippen molar-refractivity contribution in [1.29, 1.82) is 0 Å². The summed E-state index contributed by atoms with van der Waals surface area (Å²) >= 11 is 4.27. The second kappa shape index (κ2) is 10.2. The lowest BCUT2D eigenvalue weighted by atomic mass is 9.97. The molecule has 3 saturated heterocycles. The van der Waals surface area contributed by atoms with Crippen molar-refractivity contribution in [2.45, 2.75) is 57.3 Å². The monoisotopic (exact) mass is 387 g/mol. The Hall–Kier alpha value is 0.540. The maximum Gasteiger partial charge on any atom is 0.0446 e. The minimum absolute atomic E-state index is 0.327. The predicted molar refractivity (Wildman–Crippen MR) is 112 cm³/mol. The molecule has 3 rings (SSSR count). The molecule has 0 bridgehead atoms. The Kier molecular flexibility index (Phi) is 8.26. The molecule has 0 aromatic carbocycles. The zero-order valence-corrected chi connectivity index (χ0v) is 17.7. The van der Waals surface area contributed by atoms with Gasteiger partial charge in [-0.05, 0) is 46.2 Å². The van der Waals surface area contributed by atoms with E-state index in [4.69, 9.17) is 0 Å². The normalized spacial score (nSPS) is 30.0. The summed E-state index contributed by atoms with van der Waals surface area (Å²) in [4.78, 5) is 8.13. The van der Waals surface area contributed by atoms with E-state index in [1.54, 1.807) is 0 Å². The number of piperidine rings is 1. The predicted octanol–water partition coefficient (Wildman–Crippen LogP) is 2.08. The standard InChI is InChI=1S/C19H37N3OS2/c1-16(2)20-6-3-17(4-7-20)22-9-8-21(13-18(22)5-10-23)19-14-24-11-12-25-15-19/h16-19,23H,3-15H2,1-2H3/t18-/m1/s1. The fourth-order valence-corrected chi connectivity index (χ4v) is 7.29. The number of likely N-dealkylation sites (tertiary alicyclic amines) is 1. The lowest BCUT2D eigenvalue weighted by Gasteiger charge is -2.49. The molecule has 0 spiro atoms. The van der Waals surface area contributed by atoms with Gasteiger partial charge in [-0.25, -0.2) is 0 Å². The fraction of sp³-hybridized carbons (Fsp3) is 1.00. The molecule has 3 heterocycles. The summed E-state index contributed by atoms with van der Waals surface area (Å²) in [6.07, 6.45) is 3.54.